The van der Waals surface area contributed by atoms with Crippen molar-refractivity contribution in [2.75, 3.05) is 18.1 Å². The Kier molecular flexibility index (Phi) is 6.78. The summed E-state index contributed by atoms with van der Waals surface area (Å²) in [6.07, 6.45) is 2.01. The van der Waals surface area contributed by atoms with Gasteiger partial charge in [0, 0.05) is 21.2 Å². The lowest BCUT2D eigenvalue weighted by molar-refractivity contribution is -0.682. The minimum absolute atomic E-state index is 0.0415. The third-order valence-corrected chi connectivity index (χ3v) is 4.75. The molecule has 0 aliphatic rings. The van der Waals surface area contributed by atoms with E-state index in [0.717, 1.165) is 16.1 Å². The van der Waals surface area contributed by atoms with Gasteiger partial charge in [-0.05, 0) is 43.5 Å². The van der Waals surface area contributed by atoms with Crippen molar-refractivity contribution in [3.8, 4) is 0 Å². The first-order valence-electron chi connectivity index (χ1n) is 7.22. The molecule has 3 N–H and O–H groups in total. The number of quaternary nitrogens is 1. The Balaban J connectivity index is 1.90. The van der Waals surface area contributed by atoms with Crippen LogP contribution >= 0.6 is 35.0 Å². The van der Waals surface area contributed by atoms with Gasteiger partial charge in [0.05, 0.1) is 5.02 Å². The maximum atomic E-state index is 12.1. The Hall–Kier alpha value is -1.20. The fraction of sp³-hybridized carbons (Fsp3) is 0.235. The topological polar surface area (TPSA) is 45.7 Å². The third kappa shape index (κ3) is 5.43. The highest BCUT2D eigenvalue weighted by Gasteiger charge is 2.15. The Morgan fingerprint density at radius 2 is 2.04 bits per heavy atom. The number of hydrogen-bond donors (Lipinski definition) is 2. The highest BCUT2D eigenvalue weighted by Crippen LogP contribution is 2.24. The van der Waals surface area contributed by atoms with E-state index in [0.29, 0.717) is 16.6 Å². The van der Waals surface area contributed by atoms with Crippen LogP contribution in [0.1, 0.15) is 18.5 Å². The van der Waals surface area contributed by atoms with E-state index in [1.807, 2.05) is 48.8 Å². The number of thioether (sulfide) groups is 1. The maximum absolute atomic E-state index is 12.1. The van der Waals surface area contributed by atoms with Crippen molar-refractivity contribution in [1.29, 1.82) is 0 Å². The molecule has 1 atom stereocenters. The fourth-order valence-electron chi connectivity index (χ4n) is 2.19. The van der Waals surface area contributed by atoms with Gasteiger partial charge in [-0.25, -0.2) is 0 Å². The van der Waals surface area contributed by atoms with E-state index in [-0.39, 0.29) is 11.9 Å². The summed E-state index contributed by atoms with van der Waals surface area (Å²) in [6, 6.07) is 13.3. The van der Waals surface area contributed by atoms with E-state index in [4.69, 9.17) is 23.2 Å². The molecule has 0 heterocycles. The number of hydrogen-bond acceptors (Lipinski definition) is 2. The van der Waals surface area contributed by atoms with Gasteiger partial charge in [-0.2, -0.15) is 0 Å². The minimum Gasteiger partial charge on any atom is -0.332 e. The molecule has 2 aromatic carbocycles. The average molecular weight is 370 g/mol. The van der Waals surface area contributed by atoms with Crippen LogP contribution in [0.25, 0.3) is 0 Å². The van der Waals surface area contributed by atoms with Crippen molar-refractivity contribution in [1.82, 2.24) is 0 Å². The summed E-state index contributed by atoms with van der Waals surface area (Å²) < 4.78 is 0. The number of carbonyl (C=O) groups is 1. The Bertz CT molecular complexity index is 694. The minimum atomic E-state index is -0.0415. The molecule has 0 fully saturated rings. The summed E-state index contributed by atoms with van der Waals surface area (Å²) in [7, 11) is 0. The van der Waals surface area contributed by atoms with E-state index in [2.05, 4.69) is 5.32 Å². The van der Waals surface area contributed by atoms with Crippen molar-refractivity contribution in [2.45, 2.75) is 17.9 Å². The highest BCUT2D eigenvalue weighted by molar-refractivity contribution is 7.98. The fourth-order valence-corrected chi connectivity index (χ4v) is 3.23. The van der Waals surface area contributed by atoms with Crippen LogP contribution in [0.3, 0.4) is 0 Å². The van der Waals surface area contributed by atoms with Crippen molar-refractivity contribution >= 4 is 46.6 Å². The first kappa shape index (κ1) is 18.1. The molecule has 6 heteroatoms. The van der Waals surface area contributed by atoms with E-state index >= 15 is 0 Å². The molecule has 122 valence electrons. The van der Waals surface area contributed by atoms with Gasteiger partial charge in [-0.15, -0.1) is 11.8 Å². The Morgan fingerprint density at radius 3 is 2.74 bits per heavy atom. The third-order valence-electron chi connectivity index (χ3n) is 3.46. The van der Waals surface area contributed by atoms with Gasteiger partial charge >= 0.3 is 0 Å². The van der Waals surface area contributed by atoms with Crippen LogP contribution in [-0.4, -0.2) is 18.7 Å². The van der Waals surface area contributed by atoms with Gasteiger partial charge in [-0.3, -0.25) is 4.79 Å². The zero-order chi connectivity index (χ0) is 16.8. The van der Waals surface area contributed by atoms with Crippen LogP contribution in [0, 0.1) is 0 Å². The standard InChI is InChI=1S/C17H18Cl2N2OS/c1-11(15-7-6-12(18)8-16(15)19)20-10-17(22)21-13-4-3-5-14(9-13)23-2/h3-9,11,20H,10H2,1-2H3,(H,21,22)/p+1/t11-/m1/s1. The van der Waals surface area contributed by atoms with Crippen molar-refractivity contribution < 1.29 is 10.1 Å². The predicted molar refractivity (Wildman–Crippen MR) is 98.5 cm³/mol. The zero-order valence-corrected chi connectivity index (χ0v) is 15.3. The second kappa shape index (κ2) is 8.60. The van der Waals surface area contributed by atoms with Crippen LogP contribution in [-0.2, 0) is 4.79 Å². The molecule has 0 unspecified atom stereocenters. The van der Waals surface area contributed by atoms with E-state index < -0.39 is 0 Å². The molecule has 3 nitrogen and oxygen atoms in total. The SMILES string of the molecule is CSc1cccc(NC(=O)C[NH2+][C@H](C)c2ccc(Cl)cc2Cl)c1. The molecule has 0 aliphatic carbocycles. The lowest BCUT2D eigenvalue weighted by Gasteiger charge is -2.13. The van der Waals surface area contributed by atoms with Gasteiger partial charge in [0.25, 0.3) is 5.91 Å². The molecular formula is C17H19Cl2N2OS+. The quantitative estimate of drug-likeness (QED) is 0.756. The van der Waals surface area contributed by atoms with Crippen LogP contribution in [0.15, 0.2) is 47.4 Å². The summed E-state index contributed by atoms with van der Waals surface area (Å²) in [5.41, 5.74) is 1.78. The molecule has 0 radical (unpaired) electrons. The van der Waals surface area contributed by atoms with Gasteiger partial charge in [-0.1, -0.05) is 35.3 Å². The molecule has 2 aromatic rings. The number of halogens is 2. The zero-order valence-electron chi connectivity index (χ0n) is 13.0. The molecule has 0 aliphatic heterocycles. The highest BCUT2D eigenvalue weighted by atomic mass is 35.5. The van der Waals surface area contributed by atoms with Gasteiger partial charge in [0.15, 0.2) is 6.54 Å². The van der Waals surface area contributed by atoms with E-state index in [1.165, 1.54) is 0 Å². The van der Waals surface area contributed by atoms with Crippen molar-refractivity contribution in [2.24, 2.45) is 0 Å². The Labute approximate surface area is 150 Å². The summed E-state index contributed by atoms with van der Waals surface area (Å²) in [6.45, 7) is 2.33. The van der Waals surface area contributed by atoms with Gasteiger partial charge in [0.1, 0.15) is 6.04 Å². The molecule has 1 amide bonds. The molecule has 0 saturated heterocycles. The lowest BCUT2D eigenvalue weighted by atomic mass is 10.1. The molecule has 0 bridgehead atoms. The molecule has 0 spiro atoms. The summed E-state index contributed by atoms with van der Waals surface area (Å²) >= 11 is 13.7. The number of benzene rings is 2. The first-order chi connectivity index (χ1) is 11.0. The predicted octanol–water partition coefficient (Wildman–Crippen LogP) is 3.98. The number of nitrogens with one attached hydrogen (secondary N) is 1. The van der Waals surface area contributed by atoms with Crippen LogP contribution in [0.4, 0.5) is 5.69 Å². The largest absolute Gasteiger partial charge is 0.332 e. The number of nitrogens with two attached hydrogens (primary N) is 1. The Morgan fingerprint density at radius 1 is 1.26 bits per heavy atom. The number of rotatable bonds is 6. The van der Waals surface area contributed by atoms with Gasteiger partial charge < -0.3 is 10.6 Å². The van der Waals surface area contributed by atoms with Crippen LogP contribution in [0.2, 0.25) is 10.0 Å². The summed E-state index contributed by atoms with van der Waals surface area (Å²) in [5, 5.41) is 6.09. The van der Waals surface area contributed by atoms with E-state index in [1.54, 1.807) is 23.9 Å². The number of amides is 1. The molecule has 2 rings (SSSR count). The summed E-state index contributed by atoms with van der Waals surface area (Å²) in [5.74, 6) is -0.0415. The second-order valence-corrected chi connectivity index (χ2v) is 6.90. The molecule has 0 saturated carbocycles. The van der Waals surface area contributed by atoms with Crippen LogP contribution in [0.5, 0.6) is 0 Å². The molecular weight excluding hydrogens is 351 g/mol. The molecule has 0 aromatic heterocycles. The number of anilines is 1. The summed E-state index contributed by atoms with van der Waals surface area (Å²) in [4.78, 5) is 13.2. The number of carbonyl (C=O) groups excluding carboxylic acids is 1. The van der Waals surface area contributed by atoms with Gasteiger partial charge in [0.2, 0.25) is 0 Å². The maximum Gasteiger partial charge on any atom is 0.279 e. The smallest absolute Gasteiger partial charge is 0.279 e. The first-order valence-corrected chi connectivity index (χ1v) is 9.20. The van der Waals surface area contributed by atoms with Crippen molar-refractivity contribution in [3.05, 3.63) is 58.1 Å². The molecule has 23 heavy (non-hydrogen) atoms. The normalized spacial score (nSPS) is 12.0. The van der Waals surface area contributed by atoms with Crippen LogP contribution < -0.4 is 10.6 Å². The monoisotopic (exact) mass is 369 g/mol. The van der Waals surface area contributed by atoms with E-state index in [9.17, 15) is 4.79 Å². The lowest BCUT2D eigenvalue weighted by Crippen LogP contribution is -2.86. The average Bonchev–Trinajstić information content (AvgIpc) is 2.53. The second-order valence-electron chi connectivity index (χ2n) is 5.17. The van der Waals surface area contributed by atoms with Crippen molar-refractivity contribution in [3.63, 3.8) is 0 Å².